The Morgan fingerprint density at radius 2 is 1.08 bits per heavy atom. The number of fused-ring (bicyclic) bond motifs is 7. The molecular weight excluding hydrogens is 631 g/mol. The Morgan fingerprint density at radius 1 is 0.429 bits per heavy atom. The Hall–Kier alpha value is -5.48. The topological polar surface area (TPSA) is 3.24 Å². The lowest BCUT2D eigenvalue weighted by atomic mass is 9.87. The van der Waals surface area contributed by atoms with Crippen molar-refractivity contribution in [2.24, 2.45) is 0 Å². The number of nitrogens with zero attached hydrogens (tertiary/aromatic N) is 1. The molecule has 0 fully saturated rings. The van der Waals surface area contributed by atoms with Crippen LogP contribution in [-0.4, -0.2) is 0 Å². The third-order valence-corrected chi connectivity index (χ3v) is 12.3. The number of thiophene rings is 2. The van der Waals surface area contributed by atoms with Gasteiger partial charge in [-0.3, -0.25) is 0 Å². The minimum absolute atomic E-state index is 1.08. The Labute approximate surface area is 293 Å². The molecular formula is C46H31NS2. The number of hydrogen-bond acceptors (Lipinski definition) is 3. The van der Waals surface area contributed by atoms with Crippen LogP contribution in [0.1, 0.15) is 22.4 Å². The van der Waals surface area contributed by atoms with Crippen LogP contribution in [0.5, 0.6) is 0 Å². The molecule has 7 aromatic carbocycles. The van der Waals surface area contributed by atoms with E-state index >= 15 is 0 Å². The predicted octanol–water partition coefficient (Wildman–Crippen LogP) is 13.9. The zero-order valence-corrected chi connectivity index (χ0v) is 28.4. The first-order valence-electron chi connectivity index (χ1n) is 16.9. The number of anilines is 3. The van der Waals surface area contributed by atoms with Gasteiger partial charge in [-0.05, 0) is 111 Å². The largest absolute Gasteiger partial charge is 0.310 e. The Bertz CT molecular complexity index is 2680. The van der Waals surface area contributed by atoms with Gasteiger partial charge in [0.1, 0.15) is 0 Å². The molecule has 10 rings (SSSR count). The van der Waals surface area contributed by atoms with Crippen LogP contribution in [-0.2, 0) is 6.42 Å². The van der Waals surface area contributed by atoms with Crippen LogP contribution in [0.2, 0.25) is 0 Å². The molecule has 2 heterocycles. The molecule has 0 aliphatic heterocycles. The van der Waals surface area contributed by atoms with Crippen molar-refractivity contribution in [3.63, 3.8) is 0 Å². The van der Waals surface area contributed by atoms with Crippen molar-refractivity contribution in [1.82, 2.24) is 0 Å². The summed E-state index contributed by atoms with van der Waals surface area (Å²) in [6.45, 7) is 0. The van der Waals surface area contributed by atoms with E-state index < -0.39 is 0 Å². The van der Waals surface area contributed by atoms with Gasteiger partial charge in [-0.15, -0.1) is 22.7 Å². The molecule has 0 amide bonds. The van der Waals surface area contributed by atoms with Crippen LogP contribution in [0.15, 0.2) is 164 Å². The summed E-state index contributed by atoms with van der Waals surface area (Å²) < 4.78 is 4.01. The number of benzene rings is 7. The SMILES string of the molecule is C1=C(c2ccc(-c3ccc4c(c3)sc3ccc(N(c5ccccc5)c5ccccc5)cc34)c3ccccc23)c2sc3ccccc3c2CC1. The van der Waals surface area contributed by atoms with E-state index in [1.807, 2.05) is 22.7 Å². The van der Waals surface area contributed by atoms with E-state index in [0.717, 1.165) is 29.9 Å². The first-order valence-corrected chi connectivity index (χ1v) is 18.5. The van der Waals surface area contributed by atoms with Crippen molar-refractivity contribution < 1.29 is 0 Å². The Balaban J connectivity index is 1.08. The lowest BCUT2D eigenvalue weighted by molar-refractivity contribution is 0.999. The van der Waals surface area contributed by atoms with E-state index in [-0.39, 0.29) is 0 Å². The number of para-hydroxylation sites is 2. The van der Waals surface area contributed by atoms with Crippen molar-refractivity contribution >= 4 is 86.3 Å². The van der Waals surface area contributed by atoms with Gasteiger partial charge in [0.05, 0.1) is 0 Å². The van der Waals surface area contributed by atoms with Gasteiger partial charge >= 0.3 is 0 Å². The fraction of sp³-hybridized carbons (Fsp3) is 0.0435. The third kappa shape index (κ3) is 4.73. The predicted molar refractivity (Wildman–Crippen MR) is 214 cm³/mol. The molecule has 0 N–H and O–H groups in total. The molecule has 49 heavy (non-hydrogen) atoms. The highest BCUT2D eigenvalue weighted by Gasteiger charge is 2.22. The minimum Gasteiger partial charge on any atom is -0.310 e. The van der Waals surface area contributed by atoms with E-state index in [9.17, 15) is 0 Å². The smallest absolute Gasteiger partial charge is 0.0468 e. The summed E-state index contributed by atoms with van der Waals surface area (Å²) in [6.07, 6.45) is 4.66. The average Bonchev–Trinajstić information content (AvgIpc) is 3.73. The van der Waals surface area contributed by atoms with Crippen molar-refractivity contribution in [3.05, 3.63) is 180 Å². The highest BCUT2D eigenvalue weighted by molar-refractivity contribution is 7.25. The molecule has 1 nitrogen and oxygen atoms in total. The summed E-state index contributed by atoms with van der Waals surface area (Å²) in [4.78, 5) is 3.78. The van der Waals surface area contributed by atoms with Crippen molar-refractivity contribution in [1.29, 1.82) is 0 Å². The Kier molecular flexibility index (Phi) is 6.75. The van der Waals surface area contributed by atoms with E-state index in [4.69, 9.17) is 0 Å². The molecule has 232 valence electrons. The van der Waals surface area contributed by atoms with E-state index in [2.05, 4.69) is 169 Å². The number of allylic oxidation sites excluding steroid dienone is 1. The second-order valence-corrected chi connectivity index (χ2v) is 14.9. The molecule has 0 saturated heterocycles. The number of aryl methyl sites for hydroxylation is 1. The van der Waals surface area contributed by atoms with Gasteiger partial charge < -0.3 is 4.90 Å². The molecule has 1 aliphatic carbocycles. The maximum atomic E-state index is 2.47. The molecule has 0 radical (unpaired) electrons. The van der Waals surface area contributed by atoms with E-state index in [1.54, 1.807) is 0 Å². The first kappa shape index (κ1) is 28.5. The number of hydrogen-bond donors (Lipinski definition) is 0. The summed E-state index contributed by atoms with van der Waals surface area (Å²) in [6, 6.07) is 57.8. The lowest BCUT2D eigenvalue weighted by Gasteiger charge is -2.25. The summed E-state index contributed by atoms with van der Waals surface area (Å²) in [5, 5.41) is 6.64. The molecule has 1 aliphatic rings. The second-order valence-electron chi connectivity index (χ2n) is 12.8. The van der Waals surface area contributed by atoms with Gasteiger partial charge in [-0.25, -0.2) is 0 Å². The van der Waals surface area contributed by atoms with Gasteiger partial charge in [0.15, 0.2) is 0 Å². The van der Waals surface area contributed by atoms with Crippen molar-refractivity contribution in [2.75, 3.05) is 4.90 Å². The van der Waals surface area contributed by atoms with Crippen LogP contribution in [0.3, 0.4) is 0 Å². The summed E-state index contributed by atoms with van der Waals surface area (Å²) in [7, 11) is 0. The van der Waals surface area contributed by atoms with Gasteiger partial charge in [-0.1, -0.05) is 109 Å². The quantitative estimate of drug-likeness (QED) is 0.177. The first-order chi connectivity index (χ1) is 24.3. The standard InChI is InChI=1S/C46H31NS2/c1-3-12-31(13-4-1)47(32-14-5-2-6-15-32)33-23-27-44-42(29-33)39-24-22-30(28-45(39)48-44)34-25-26-37(36-17-8-7-16-35(34)36)40-19-11-20-41-38-18-9-10-21-43(38)49-46(40)41/h1-10,12-19,21-29H,11,20H2. The van der Waals surface area contributed by atoms with Crippen LogP contribution in [0, 0.1) is 0 Å². The van der Waals surface area contributed by atoms with Crippen LogP contribution < -0.4 is 4.90 Å². The summed E-state index contributed by atoms with van der Waals surface area (Å²) in [5.41, 5.74) is 10.2. The van der Waals surface area contributed by atoms with E-state index in [1.165, 1.54) is 73.7 Å². The van der Waals surface area contributed by atoms with Gasteiger partial charge in [0, 0.05) is 46.8 Å². The number of rotatable bonds is 5. The molecule has 0 spiro atoms. The van der Waals surface area contributed by atoms with Crippen molar-refractivity contribution in [2.45, 2.75) is 12.8 Å². The maximum absolute atomic E-state index is 2.47. The maximum Gasteiger partial charge on any atom is 0.0468 e. The zero-order valence-electron chi connectivity index (χ0n) is 26.8. The fourth-order valence-corrected chi connectivity index (χ4v) is 10.1. The monoisotopic (exact) mass is 661 g/mol. The average molecular weight is 662 g/mol. The van der Waals surface area contributed by atoms with Crippen LogP contribution in [0.4, 0.5) is 17.1 Å². The molecule has 0 atom stereocenters. The summed E-state index contributed by atoms with van der Waals surface area (Å²) in [5.74, 6) is 0. The molecule has 3 heteroatoms. The summed E-state index contributed by atoms with van der Waals surface area (Å²) >= 11 is 3.83. The lowest BCUT2D eigenvalue weighted by Crippen LogP contribution is -2.09. The Morgan fingerprint density at radius 3 is 1.86 bits per heavy atom. The highest BCUT2D eigenvalue weighted by Crippen LogP contribution is 2.46. The highest BCUT2D eigenvalue weighted by atomic mass is 32.1. The molecule has 0 unspecified atom stereocenters. The normalized spacial score (nSPS) is 12.9. The van der Waals surface area contributed by atoms with Crippen LogP contribution >= 0.6 is 22.7 Å². The molecule has 0 bridgehead atoms. The van der Waals surface area contributed by atoms with Gasteiger partial charge in [0.2, 0.25) is 0 Å². The third-order valence-electron chi connectivity index (χ3n) is 9.95. The van der Waals surface area contributed by atoms with Crippen molar-refractivity contribution in [3.8, 4) is 11.1 Å². The molecule has 0 saturated carbocycles. The zero-order chi connectivity index (χ0) is 32.3. The van der Waals surface area contributed by atoms with Gasteiger partial charge in [-0.2, -0.15) is 0 Å². The van der Waals surface area contributed by atoms with Crippen LogP contribution in [0.25, 0.3) is 57.7 Å². The van der Waals surface area contributed by atoms with E-state index in [0.29, 0.717) is 0 Å². The minimum atomic E-state index is 1.08. The molecule has 9 aromatic rings. The second kappa shape index (κ2) is 11.6. The fourth-order valence-electron chi connectivity index (χ4n) is 7.71. The molecule has 2 aromatic heterocycles. The van der Waals surface area contributed by atoms with Gasteiger partial charge in [0.25, 0.3) is 0 Å².